The van der Waals surface area contributed by atoms with E-state index in [2.05, 4.69) is 23.1 Å². The minimum absolute atomic E-state index is 0. The molecule has 0 aliphatic rings. The lowest BCUT2D eigenvalue weighted by Crippen LogP contribution is -2.25. The topological polar surface area (TPSA) is 73.5 Å². The number of rotatable bonds is 7. The van der Waals surface area contributed by atoms with Crippen molar-refractivity contribution in [3.8, 4) is 11.5 Å². The van der Waals surface area contributed by atoms with Gasteiger partial charge in [-0.05, 0) is 6.07 Å². The Kier molecular flexibility index (Phi) is 6.65. The van der Waals surface area contributed by atoms with Gasteiger partial charge in [0.15, 0.2) is 11.5 Å². The third-order valence-electron chi connectivity index (χ3n) is 3.20. The summed E-state index contributed by atoms with van der Waals surface area (Å²) < 4.78 is 10.6. The van der Waals surface area contributed by atoms with Crippen LogP contribution in [0.2, 0.25) is 0 Å². The zero-order valence-electron chi connectivity index (χ0n) is 13.3. The van der Waals surface area contributed by atoms with Crippen LogP contribution in [-0.2, 0) is 0 Å². The fourth-order valence-electron chi connectivity index (χ4n) is 2.16. The molecule has 0 aliphatic carbocycles. The number of anilines is 2. The van der Waals surface area contributed by atoms with E-state index in [0.717, 1.165) is 5.39 Å². The molecule has 2 aromatic rings. The minimum Gasteiger partial charge on any atom is -0.493 e. The van der Waals surface area contributed by atoms with E-state index in [4.69, 9.17) is 15.2 Å². The molecule has 1 heterocycles. The second kappa shape index (κ2) is 8.24. The van der Waals surface area contributed by atoms with Crippen molar-refractivity contribution in [1.29, 1.82) is 0 Å². The molecule has 23 heavy (non-hydrogen) atoms. The smallest absolute Gasteiger partial charge is 0.228 e. The van der Waals surface area contributed by atoms with Gasteiger partial charge < -0.3 is 20.1 Å². The number of fused-ring (bicyclic) bond motifs is 1. The lowest BCUT2D eigenvalue weighted by atomic mass is 10.2. The SMILES string of the molecule is C=CCN(CC=C)c1nc(N)c2cc(OC)c(OC)cc2n1.Cl. The van der Waals surface area contributed by atoms with Gasteiger partial charge in [0.05, 0.1) is 19.7 Å². The van der Waals surface area contributed by atoms with E-state index in [-0.39, 0.29) is 12.4 Å². The number of hydrogen-bond acceptors (Lipinski definition) is 6. The van der Waals surface area contributed by atoms with E-state index in [1.165, 1.54) is 0 Å². The number of benzene rings is 1. The molecule has 0 atom stereocenters. The van der Waals surface area contributed by atoms with E-state index in [9.17, 15) is 0 Å². The van der Waals surface area contributed by atoms with Crippen molar-refractivity contribution >= 4 is 35.1 Å². The third-order valence-corrected chi connectivity index (χ3v) is 3.20. The van der Waals surface area contributed by atoms with Gasteiger partial charge in [-0.1, -0.05) is 12.2 Å². The van der Waals surface area contributed by atoms with Crippen LogP contribution in [0.1, 0.15) is 0 Å². The molecule has 0 unspecified atom stereocenters. The lowest BCUT2D eigenvalue weighted by Gasteiger charge is -2.20. The van der Waals surface area contributed by atoms with Crippen LogP contribution >= 0.6 is 12.4 Å². The van der Waals surface area contributed by atoms with Crippen LogP contribution in [0.15, 0.2) is 37.4 Å². The maximum absolute atomic E-state index is 6.08. The summed E-state index contributed by atoms with van der Waals surface area (Å²) in [7, 11) is 3.15. The predicted octanol–water partition coefficient (Wildman–Crippen LogP) is 2.83. The first kappa shape index (κ1) is 18.6. The second-order valence-corrected chi connectivity index (χ2v) is 4.62. The molecule has 0 spiro atoms. The highest BCUT2D eigenvalue weighted by Gasteiger charge is 2.14. The average molecular weight is 337 g/mol. The Labute approximate surface area is 142 Å². The Hall–Kier alpha value is -2.47. The van der Waals surface area contributed by atoms with Gasteiger partial charge in [0.1, 0.15) is 5.82 Å². The van der Waals surface area contributed by atoms with E-state index < -0.39 is 0 Å². The van der Waals surface area contributed by atoms with Crippen molar-refractivity contribution in [2.75, 3.05) is 37.9 Å². The first-order valence-corrected chi connectivity index (χ1v) is 6.80. The summed E-state index contributed by atoms with van der Waals surface area (Å²) in [6.07, 6.45) is 3.56. The van der Waals surface area contributed by atoms with Crippen LogP contribution in [0.4, 0.5) is 11.8 Å². The number of hydrogen-bond donors (Lipinski definition) is 1. The number of nitrogens with two attached hydrogens (primary N) is 1. The summed E-state index contributed by atoms with van der Waals surface area (Å²) in [5.74, 6) is 2.10. The first-order valence-electron chi connectivity index (χ1n) is 6.80. The summed E-state index contributed by atoms with van der Waals surface area (Å²) in [5.41, 5.74) is 6.77. The number of methoxy groups -OCH3 is 2. The molecule has 7 heteroatoms. The van der Waals surface area contributed by atoms with Crippen molar-refractivity contribution in [3.63, 3.8) is 0 Å². The van der Waals surface area contributed by atoms with Gasteiger partial charge in [-0.25, -0.2) is 4.98 Å². The summed E-state index contributed by atoms with van der Waals surface area (Å²) in [4.78, 5) is 10.9. The number of ether oxygens (including phenoxy) is 2. The molecular formula is C16H21ClN4O2. The summed E-state index contributed by atoms with van der Waals surface area (Å²) in [6.45, 7) is 8.69. The van der Waals surface area contributed by atoms with Gasteiger partial charge in [0.2, 0.25) is 5.95 Å². The number of nitrogens with zero attached hydrogens (tertiary/aromatic N) is 3. The predicted molar refractivity (Wildman–Crippen MR) is 96.9 cm³/mol. The van der Waals surface area contributed by atoms with E-state index in [1.54, 1.807) is 38.5 Å². The van der Waals surface area contributed by atoms with Crippen LogP contribution in [-0.4, -0.2) is 37.3 Å². The molecule has 1 aromatic heterocycles. The zero-order valence-corrected chi connectivity index (χ0v) is 14.1. The van der Waals surface area contributed by atoms with Crippen LogP contribution in [0, 0.1) is 0 Å². The van der Waals surface area contributed by atoms with Crippen LogP contribution in [0.5, 0.6) is 11.5 Å². The molecule has 1 aromatic carbocycles. The van der Waals surface area contributed by atoms with Crippen molar-refractivity contribution in [1.82, 2.24) is 9.97 Å². The van der Waals surface area contributed by atoms with E-state index in [0.29, 0.717) is 41.9 Å². The third kappa shape index (κ3) is 3.84. The van der Waals surface area contributed by atoms with Crippen LogP contribution in [0.25, 0.3) is 10.9 Å². The van der Waals surface area contributed by atoms with Gasteiger partial charge in [0, 0.05) is 24.5 Å². The molecular weight excluding hydrogens is 316 g/mol. The van der Waals surface area contributed by atoms with Crippen LogP contribution in [0.3, 0.4) is 0 Å². The fourth-order valence-corrected chi connectivity index (χ4v) is 2.16. The maximum atomic E-state index is 6.08. The molecule has 2 rings (SSSR count). The highest BCUT2D eigenvalue weighted by atomic mass is 35.5. The number of halogens is 1. The highest BCUT2D eigenvalue weighted by molar-refractivity contribution is 5.91. The van der Waals surface area contributed by atoms with Gasteiger partial charge >= 0.3 is 0 Å². The summed E-state index contributed by atoms with van der Waals surface area (Å²) >= 11 is 0. The van der Waals surface area contributed by atoms with Crippen molar-refractivity contribution in [2.24, 2.45) is 0 Å². The lowest BCUT2D eigenvalue weighted by molar-refractivity contribution is 0.356. The van der Waals surface area contributed by atoms with E-state index >= 15 is 0 Å². The Balaban J connectivity index is 0.00000264. The zero-order chi connectivity index (χ0) is 16.1. The fraction of sp³-hybridized carbons (Fsp3) is 0.250. The van der Waals surface area contributed by atoms with Gasteiger partial charge in [0.25, 0.3) is 0 Å². The van der Waals surface area contributed by atoms with E-state index in [1.807, 2.05) is 4.90 Å². The normalized spacial score (nSPS) is 9.83. The van der Waals surface area contributed by atoms with Crippen molar-refractivity contribution in [2.45, 2.75) is 0 Å². The van der Waals surface area contributed by atoms with Crippen LogP contribution < -0.4 is 20.1 Å². The highest BCUT2D eigenvalue weighted by Crippen LogP contribution is 2.34. The largest absolute Gasteiger partial charge is 0.493 e. The Morgan fingerprint density at radius 3 is 2.17 bits per heavy atom. The Morgan fingerprint density at radius 2 is 1.65 bits per heavy atom. The van der Waals surface area contributed by atoms with Crippen molar-refractivity contribution in [3.05, 3.63) is 37.4 Å². The molecule has 124 valence electrons. The number of nitrogen functional groups attached to an aromatic ring is 1. The molecule has 0 bridgehead atoms. The summed E-state index contributed by atoms with van der Waals surface area (Å²) in [6, 6.07) is 3.56. The number of aromatic nitrogens is 2. The standard InChI is InChI=1S/C16H20N4O2.ClH/c1-5-7-20(8-6-2)16-18-12-10-14(22-4)13(21-3)9-11(12)15(17)19-16;/h5-6,9-10H,1-2,7-8H2,3-4H3,(H2,17,18,19);1H. The molecule has 2 N–H and O–H groups in total. The van der Waals surface area contributed by atoms with Gasteiger partial charge in [-0.2, -0.15) is 4.98 Å². The summed E-state index contributed by atoms with van der Waals surface area (Å²) in [5, 5.41) is 0.721. The molecule has 6 nitrogen and oxygen atoms in total. The first-order chi connectivity index (χ1) is 10.6. The Morgan fingerprint density at radius 1 is 1.09 bits per heavy atom. The average Bonchev–Trinajstić information content (AvgIpc) is 2.53. The molecule has 0 saturated carbocycles. The van der Waals surface area contributed by atoms with Gasteiger partial charge in [-0.15, -0.1) is 25.6 Å². The molecule has 0 radical (unpaired) electrons. The second-order valence-electron chi connectivity index (χ2n) is 4.62. The maximum Gasteiger partial charge on any atom is 0.228 e. The van der Waals surface area contributed by atoms with Crippen molar-refractivity contribution < 1.29 is 9.47 Å². The van der Waals surface area contributed by atoms with Gasteiger partial charge in [-0.3, -0.25) is 0 Å². The Bertz CT molecular complexity index is 696. The quantitative estimate of drug-likeness (QED) is 0.784. The molecule has 0 amide bonds. The monoisotopic (exact) mass is 336 g/mol. The molecule has 0 saturated heterocycles. The minimum atomic E-state index is 0. The molecule has 0 fully saturated rings. The molecule has 0 aliphatic heterocycles.